The van der Waals surface area contributed by atoms with Gasteiger partial charge in [0.25, 0.3) is 5.91 Å². The molecule has 1 saturated carbocycles. The summed E-state index contributed by atoms with van der Waals surface area (Å²) in [6.45, 7) is 3.75. The van der Waals surface area contributed by atoms with Gasteiger partial charge in [-0.05, 0) is 38.8 Å². The monoisotopic (exact) mass is 220 g/mol. The Balaban J connectivity index is 2.06. The Kier molecular flexibility index (Phi) is 2.92. The van der Waals surface area contributed by atoms with Crippen LogP contribution in [-0.4, -0.2) is 17.0 Å². The van der Waals surface area contributed by atoms with Gasteiger partial charge in [0.2, 0.25) is 0 Å². The lowest BCUT2D eigenvalue weighted by molar-refractivity contribution is -0.139. The maximum atomic E-state index is 12.0. The molecule has 0 radical (unpaired) electrons. The summed E-state index contributed by atoms with van der Waals surface area (Å²) in [6, 6.07) is 5.64. The zero-order chi connectivity index (χ0) is 11.6. The van der Waals surface area contributed by atoms with E-state index in [1.54, 1.807) is 6.20 Å². The first-order valence-corrected chi connectivity index (χ1v) is 5.53. The number of hydrogen-bond acceptors (Lipinski definition) is 3. The lowest BCUT2D eigenvalue weighted by Gasteiger charge is -2.15. The van der Waals surface area contributed by atoms with Crippen LogP contribution in [0.15, 0.2) is 24.4 Å². The molecule has 0 bridgehead atoms. The highest BCUT2D eigenvalue weighted by molar-refractivity contribution is 5.89. The molecule has 0 spiro atoms. The molecule has 4 nitrogen and oxygen atoms in total. The number of rotatable bonds is 4. The lowest BCUT2D eigenvalue weighted by Crippen LogP contribution is -2.36. The molecule has 0 unspecified atom stereocenters. The van der Waals surface area contributed by atoms with Crippen LogP contribution in [-0.2, 0) is 15.0 Å². The second-order valence-corrected chi connectivity index (χ2v) is 4.39. The van der Waals surface area contributed by atoms with Gasteiger partial charge in [0.15, 0.2) is 0 Å². The smallest absolute Gasteiger partial charge is 0.255 e. The SMILES string of the molecule is CC(C)ONC(=O)C1(c2ccccn2)CC1. The van der Waals surface area contributed by atoms with E-state index in [4.69, 9.17) is 4.84 Å². The maximum Gasteiger partial charge on any atom is 0.255 e. The van der Waals surface area contributed by atoms with Crippen molar-refractivity contribution in [2.75, 3.05) is 0 Å². The number of aromatic nitrogens is 1. The summed E-state index contributed by atoms with van der Waals surface area (Å²) >= 11 is 0. The van der Waals surface area contributed by atoms with E-state index in [2.05, 4.69) is 10.5 Å². The van der Waals surface area contributed by atoms with Gasteiger partial charge in [0.05, 0.1) is 17.2 Å². The minimum atomic E-state index is -0.448. The molecule has 1 aliphatic rings. The van der Waals surface area contributed by atoms with E-state index in [0.29, 0.717) is 0 Å². The minimum Gasteiger partial charge on any atom is -0.272 e. The Labute approximate surface area is 95.0 Å². The molecular weight excluding hydrogens is 204 g/mol. The van der Waals surface area contributed by atoms with Crippen LogP contribution >= 0.6 is 0 Å². The first-order chi connectivity index (χ1) is 7.65. The van der Waals surface area contributed by atoms with Crippen molar-refractivity contribution in [1.29, 1.82) is 0 Å². The topological polar surface area (TPSA) is 51.2 Å². The van der Waals surface area contributed by atoms with E-state index in [1.165, 1.54) is 0 Å². The van der Waals surface area contributed by atoms with Crippen molar-refractivity contribution in [2.24, 2.45) is 0 Å². The summed E-state index contributed by atoms with van der Waals surface area (Å²) in [5.41, 5.74) is 2.89. The highest BCUT2D eigenvalue weighted by atomic mass is 16.7. The third kappa shape index (κ3) is 2.07. The molecule has 1 aromatic rings. The van der Waals surface area contributed by atoms with Gasteiger partial charge in [-0.25, -0.2) is 5.48 Å². The number of carbonyl (C=O) groups excluding carboxylic acids is 1. The average Bonchev–Trinajstić information content (AvgIpc) is 3.08. The summed E-state index contributed by atoms with van der Waals surface area (Å²) in [5.74, 6) is -0.0834. The molecule has 0 saturated heterocycles. The molecule has 1 N–H and O–H groups in total. The largest absolute Gasteiger partial charge is 0.272 e. The molecule has 0 atom stereocenters. The lowest BCUT2D eigenvalue weighted by atomic mass is 10.0. The zero-order valence-electron chi connectivity index (χ0n) is 9.56. The summed E-state index contributed by atoms with van der Waals surface area (Å²) in [7, 11) is 0. The summed E-state index contributed by atoms with van der Waals surface area (Å²) in [5, 5.41) is 0. The molecule has 1 fully saturated rings. The number of nitrogens with zero attached hydrogens (tertiary/aromatic N) is 1. The fraction of sp³-hybridized carbons (Fsp3) is 0.500. The summed E-state index contributed by atoms with van der Waals surface area (Å²) in [4.78, 5) is 21.3. The molecule has 1 aliphatic carbocycles. The zero-order valence-corrected chi connectivity index (χ0v) is 9.56. The highest BCUT2D eigenvalue weighted by Crippen LogP contribution is 2.47. The van der Waals surface area contributed by atoms with Crippen LogP contribution in [0.1, 0.15) is 32.4 Å². The maximum absolute atomic E-state index is 12.0. The van der Waals surface area contributed by atoms with Crippen LogP contribution in [0.25, 0.3) is 0 Å². The molecule has 0 aromatic carbocycles. The quantitative estimate of drug-likeness (QED) is 0.783. The number of nitrogens with one attached hydrogen (secondary N) is 1. The van der Waals surface area contributed by atoms with Crippen molar-refractivity contribution >= 4 is 5.91 Å². The van der Waals surface area contributed by atoms with Crippen LogP contribution in [0.5, 0.6) is 0 Å². The van der Waals surface area contributed by atoms with E-state index in [1.807, 2.05) is 32.0 Å². The van der Waals surface area contributed by atoms with Gasteiger partial charge in [-0.3, -0.25) is 14.6 Å². The second kappa shape index (κ2) is 4.22. The third-order valence-electron chi connectivity index (χ3n) is 2.73. The van der Waals surface area contributed by atoms with Crippen molar-refractivity contribution in [3.8, 4) is 0 Å². The van der Waals surface area contributed by atoms with Crippen LogP contribution in [0.4, 0.5) is 0 Å². The molecule has 0 aliphatic heterocycles. The van der Waals surface area contributed by atoms with Gasteiger partial charge >= 0.3 is 0 Å². The molecular formula is C12H16N2O2. The molecule has 16 heavy (non-hydrogen) atoms. The predicted octanol–water partition coefficient (Wildman–Crippen LogP) is 1.57. The van der Waals surface area contributed by atoms with Gasteiger partial charge in [0.1, 0.15) is 0 Å². The van der Waals surface area contributed by atoms with Crippen molar-refractivity contribution in [1.82, 2.24) is 10.5 Å². The van der Waals surface area contributed by atoms with Gasteiger partial charge in [0, 0.05) is 6.20 Å². The molecule has 2 rings (SSSR count). The molecule has 1 heterocycles. The highest BCUT2D eigenvalue weighted by Gasteiger charge is 2.52. The average molecular weight is 220 g/mol. The van der Waals surface area contributed by atoms with Crippen LogP contribution in [0.3, 0.4) is 0 Å². The second-order valence-electron chi connectivity index (χ2n) is 4.39. The minimum absolute atomic E-state index is 0.0107. The van der Waals surface area contributed by atoms with Crippen molar-refractivity contribution in [2.45, 2.75) is 38.2 Å². The van der Waals surface area contributed by atoms with Crippen LogP contribution < -0.4 is 5.48 Å². The molecule has 86 valence electrons. The Bertz CT molecular complexity index is 372. The van der Waals surface area contributed by atoms with Crippen molar-refractivity contribution in [3.05, 3.63) is 30.1 Å². The summed E-state index contributed by atoms with van der Waals surface area (Å²) < 4.78 is 0. The van der Waals surface area contributed by atoms with Crippen molar-refractivity contribution < 1.29 is 9.63 Å². The third-order valence-corrected chi connectivity index (χ3v) is 2.73. The van der Waals surface area contributed by atoms with E-state index < -0.39 is 5.41 Å². The summed E-state index contributed by atoms with van der Waals surface area (Å²) in [6.07, 6.45) is 3.39. The first kappa shape index (κ1) is 11.1. The van der Waals surface area contributed by atoms with Crippen molar-refractivity contribution in [3.63, 3.8) is 0 Å². The Morgan fingerprint density at radius 3 is 2.75 bits per heavy atom. The Hall–Kier alpha value is -1.42. The Morgan fingerprint density at radius 2 is 2.25 bits per heavy atom. The van der Waals surface area contributed by atoms with E-state index in [9.17, 15) is 4.79 Å². The number of hydroxylamine groups is 1. The molecule has 4 heteroatoms. The van der Waals surface area contributed by atoms with Crippen LogP contribution in [0.2, 0.25) is 0 Å². The normalized spacial score (nSPS) is 17.2. The predicted molar refractivity (Wildman–Crippen MR) is 59.5 cm³/mol. The number of hydrogen-bond donors (Lipinski definition) is 1. The number of carbonyl (C=O) groups is 1. The van der Waals surface area contributed by atoms with Crippen LogP contribution in [0, 0.1) is 0 Å². The first-order valence-electron chi connectivity index (χ1n) is 5.53. The van der Waals surface area contributed by atoms with E-state index in [0.717, 1.165) is 18.5 Å². The number of amides is 1. The molecule has 1 amide bonds. The standard InChI is InChI=1S/C12H16N2O2/c1-9(2)16-14-11(15)12(6-7-12)10-5-3-4-8-13-10/h3-5,8-9H,6-7H2,1-2H3,(H,14,15). The fourth-order valence-corrected chi connectivity index (χ4v) is 1.64. The fourth-order valence-electron chi connectivity index (χ4n) is 1.64. The Morgan fingerprint density at radius 1 is 1.50 bits per heavy atom. The number of pyridine rings is 1. The van der Waals surface area contributed by atoms with E-state index >= 15 is 0 Å². The molecule has 1 aromatic heterocycles. The van der Waals surface area contributed by atoms with Gasteiger partial charge < -0.3 is 0 Å². The van der Waals surface area contributed by atoms with Gasteiger partial charge in [-0.15, -0.1) is 0 Å². The van der Waals surface area contributed by atoms with Gasteiger partial charge in [-0.2, -0.15) is 0 Å². The van der Waals surface area contributed by atoms with E-state index in [-0.39, 0.29) is 12.0 Å². The van der Waals surface area contributed by atoms with Gasteiger partial charge in [-0.1, -0.05) is 6.07 Å².